The minimum Gasteiger partial charge on any atom is -0.356 e. The first-order chi connectivity index (χ1) is 7.15. The van der Waals surface area contributed by atoms with Crippen molar-refractivity contribution in [3.63, 3.8) is 0 Å². The molecule has 0 radical (unpaired) electrons. The zero-order valence-electron chi connectivity index (χ0n) is 7.89. The summed E-state index contributed by atoms with van der Waals surface area (Å²) in [6.07, 6.45) is 0.253. The lowest BCUT2D eigenvalue weighted by Crippen LogP contribution is -2.40. The van der Waals surface area contributed by atoms with Gasteiger partial charge < -0.3 is 4.84 Å². The van der Waals surface area contributed by atoms with Gasteiger partial charge in [-0.2, -0.15) is 0 Å². The van der Waals surface area contributed by atoms with Crippen molar-refractivity contribution in [3.8, 4) is 0 Å². The number of nitrogens with one attached hydrogen (secondary N) is 1. The molecule has 1 aliphatic heterocycles. The number of imide groups is 1. The third kappa shape index (κ3) is 3.50. The van der Waals surface area contributed by atoms with Gasteiger partial charge in [0.2, 0.25) is 5.91 Å². The van der Waals surface area contributed by atoms with Crippen LogP contribution in [-0.4, -0.2) is 34.3 Å². The number of hydrazine groups is 1. The summed E-state index contributed by atoms with van der Waals surface area (Å²) in [6.45, 7) is 0.0329. The first-order valence-electron chi connectivity index (χ1n) is 4.27. The van der Waals surface area contributed by atoms with Crippen molar-refractivity contribution in [3.05, 3.63) is 0 Å². The normalized spacial score (nSPS) is 16.7. The maximum absolute atomic E-state index is 11.3. The molecule has 0 aliphatic carbocycles. The first-order valence-corrected chi connectivity index (χ1v) is 5.26. The summed E-state index contributed by atoms with van der Waals surface area (Å²) < 4.78 is 0. The Morgan fingerprint density at radius 2 is 2.33 bits per heavy atom. The summed E-state index contributed by atoms with van der Waals surface area (Å²) in [7, 11) is 0. The number of hydrogen-bond donors (Lipinski definition) is 2. The van der Waals surface area contributed by atoms with Gasteiger partial charge in [-0.05, 0) is 0 Å². The van der Waals surface area contributed by atoms with Gasteiger partial charge in [-0.3, -0.25) is 19.3 Å². The number of rotatable bonds is 4. The van der Waals surface area contributed by atoms with Crippen LogP contribution in [0.3, 0.4) is 0 Å². The van der Waals surface area contributed by atoms with Crippen LogP contribution in [0.25, 0.3) is 0 Å². The van der Waals surface area contributed by atoms with Gasteiger partial charge in [0, 0.05) is 18.7 Å². The zero-order valence-corrected chi connectivity index (χ0v) is 8.71. The van der Waals surface area contributed by atoms with Crippen LogP contribution in [0.1, 0.15) is 12.8 Å². The monoisotopic (exact) mass is 233 g/mol. The largest absolute Gasteiger partial charge is 0.356 e. The SMILES string of the molecule is NNOC(=O)CCN1C(=O)CCSC1=O. The Morgan fingerprint density at radius 1 is 1.60 bits per heavy atom. The molecule has 0 bridgehead atoms. The summed E-state index contributed by atoms with van der Waals surface area (Å²) in [4.78, 5) is 38.7. The van der Waals surface area contributed by atoms with E-state index in [1.807, 2.05) is 0 Å². The fraction of sp³-hybridized carbons (Fsp3) is 0.571. The topological polar surface area (TPSA) is 102 Å². The van der Waals surface area contributed by atoms with E-state index in [1.54, 1.807) is 5.59 Å². The van der Waals surface area contributed by atoms with Gasteiger partial charge in [-0.15, -0.1) is 0 Å². The van der Waals surface area contributed by atoms with E-state index < -0.39 is 5.97 Å². The van der Waals surface area contributed by atoms with Crippen LogP contribution in [0, 0.1) is 0 Å². The van der Waals surface area contributed by atoms with E-state index in [-0.39, 0.29) is 24.1 Å². The Hall–Kier alpha value is -1.12. The molecule has 0 spiro atoms. The Balaban J connectivity index is 2.39. The second-order valence-corrected chi connectivity index (χ2v) is 3.80. The van der Waals surface area contributed by atoms with Crippen LogP contribution in [0.4, 0.5) is 4.79 Å². The van der Waals surface area contributed by atoms with Gasteiger partial charge in [-0.1, -0.05) is 17.4 Å². The fourth-order valence-corrected chi connectivity index (χ4v) is 1.88. The maximum atomic E-state index is 11.3. The molecule has 1 saturated heterocycles. The molecule has 0 saturated carbocycles. The van der Waals surface area contributed by atoms with Crippen LogP contribution in [-0.2, 0) is 14.4 Å². The standard InChI is InChI=1S/C7H11N3O4S/c8-9-14-6(12)1-3-10-5(11)2-4-15-7(10)13/h9H,1-4,8H2. The summed E-state index contributed by atoms with van der Waals surface area (Å²) in [6, 6.07) is 0. The lowest BCUT2D eigenvalue weighted by atomic mass is 10.3. The number of nitrogens with two attached hydrogens (primary N) is 1. The molecule has 0 aromatic rings. The highest BCUT2D eigenvalue weighted by molar-refractivity contribution is 8.13. The third-order valence-corrected chi connectivity index (χ3v) is 2.65. The summed E-state index contributed by atoms with van der Waals surface area (Å²) >= 11 is 1.07. The van der Waals surface area contributed by atoms with Crippen molar-refractivity contribution < 1.29 is 19.2 Å². The van der Waals surface area contributed by atoms with Crippen molar-refractivity contribution in [2.45, 2.75) is 12.8 Å². The van der Waals surface area contributed by atoms with Gasteiger partial charge in [0.05, 0.1) is 6.42 Å². The number of carbonyl (C=O) groups excluding carboxylic acids is 3. The molecule has 0 atom stereocenters. The lowest BCUT2D eigenvalue weighted by molar-refractivity contribution is -0.151. The van der Waals surface area contributed by atoms with E-state index >= 15 is 0 Å². The maximum Gasteiger partial charge on any atom is 0.328 e. The molecule has 3 N–H and O–H groups in total. The summed E-state index contributed by atoms with van der Waals surface area (Å²) in [5, 5.41) is -0.320. The molecule has 1 aliphatic rings. The Labute approximate surface area is 90.2 Å². The van der Waals surface area contributed by atoms with Crippen LogP contribution in [0.15, 0.2) is 0 Å². The van der Waals surface area contributed by atoms with E-state index in [1.165, 1.54) is 0 Å². The van der Waals surface area contributed by atoms with Gasteiger partial charge in [0.1, 0.15) is 0 Å². The smallest absolute Gasteiger partial charge is 0.328 e. The molecule has 1 rings (SSSR count). The molecule has 0 unspecified atom stereocenters. The molecule has 1 fully saturated rings. The number of nitrogens with zero attached hydrogens (tertiary/aromatic N) is 1. The minimum absolute atomic E-state index is 0.0329. The average molecular weight is 233 g/mol. The van der Waals surface area contributed by atoms with Crippen LogP contribution in [0.2, 0.25) is 0 Å². The van der Waals surface area contributed by atoms with Gasteiger partial charge >= 0.3 is 5.97 Å². The average Bonchev–Trinajstić information content (AvgIpc) is 2.17. The molecular weight excluding hydrogens is 222 g/mol. The third-order valence-electron chi connectivity index (χ3n) is 1.78. The van der Waals surface area contributed by atoms with Crippen molar-refractivity contribution in [1.29, 1.82) is 0 Å². The minimum atomic E-state index is -0.617. The number of amides is 2. The van der Waals surface area contributed by atoms with Crippen LogP contribution >= 0.6 is 11.8 Å². The predicted molar refractivity (Wildman–Crippen MR) is 52.2 cm³/mol. The van der Waals surface area contributed by atoms with Crippen molar-refractivity contribution in [2.24, 2.45) is 5.84 Å². The number of thioether (sulfide) groups is 1. The van der Waals surface area contributed by atoms with Gasteiger partial charge in [-0.25, -0.2) is 5.84 Å². The summed E-state index contributed by atoms with van der Waals surface area (Å²) in [5.74, 6) is 4.38. The first kappa shape index (κ1) is 12.0. The lowest BCUT2D eigenvalue weighted by Gasteiger charge is -2.23. The predicted octanol–water partition coefficient (Wildman–Crippen LogP) is -0.617. The van der Waals surface area contributed by atoms with Crippen LogP contribution in [0.5, 0.6) is 0 Å². The molecule has 15 heavy (non-hydrogen) atoms. The highest BCUT2D eigenvalue weighted by Gasteiger charge is 2.26. The molecule has 84 valence electrons. The second-order valence-electron chi connectivity index (χ2n) is 2.75. The zero-order chi connectivity index (χ0) is 11.3. The van der Waals surface area contributed by atoms with Crippen molar-refractivity contribution in [2.75, 3.05) is 12.3 Å². The highest BCUT2D eigenvalue weighted by atomic mass is 32.2. The quantitative estimate of drug-likeness (QED) is 0.493. The molecule has 1 heterocycles. The summed E-state index contributed by atoms with van der Waals surface area (Å²) in [5.41, 5.74) is 1.73. The molecule has 0 aromatic carbocycles. The molecule has 0 aromatic heterocycles. The van der Waals surface area contributed by atoms with E-state index in [4.69, 9.17) is 5.84 Å². The van der Waals surface area contributed by atoms with E-state index in [0.29, 0.717) is 12.2 Å². The highest BCUT2D eigenvalue weighted by Crippen LogP contribution is 2.18. The molecule has 2 amide bonds. The number of hydrogen-bond acceptors (Lipinski definition) is 7. The van der Waals surface area contributed by atoms with Crippen molar-refractivity contribution in [1.82, 2.24) is 10.5 Å². The molecule has 7 nitrogen and oxygen atoms in total. The Bertz CT molecular complexity index is 267. The van der Waals surface area contributed by atoms with E-state index in [9.17, 15) is 14.4 Å². The Morgan fingerprint density at radius 3 is 2.93 bits per heavy atom. The van der Waals surface area contributed by atoms with Crippen molar-refractivity contribution >= 4 is 28.9 Å². The van der Waals surface area contributed by atoms with Crippen LogP contribution < -0.4 is 11.4 Å². The molecule has 8 heteroatoms. The molecular formula is C7H11N3O4S. The fourth-order valence-electron chi connectivity index (χ4n) is 1.08. The second kappa shape index (κ2) is 5.69. The Kier molecular flexibility index (Phi) is 4.53. The van der Waals surface area contributed by atoms with E-state index in [2.05, 4.69) is 4.84 Å². The van der Waals surface area contributed by atoms with Gasteiger partial charge in [0.25, 0.3) is 5.24 Å². The van der Waals surface area contributed by atoms with E-state index in [0.717, 1.165) is 16.7 Å². The number of carbonyl (C=O) groups is 3. The van der Waals surface area contributed by atoms with Gasteiger partial charge in [0.15, 0.2) is 0 Å².